The van der Waals surface area contributed by atoms with E-state index in [0.717, 1.165) is 24.0 Å². The molecule has 2 heterocycles. The van der Waals surface area contributed by atoms with Crippen molar-refractivity contribution in [1.82, 2.24) is 5.32 Å². The lowest BCUT2D eigenvalue weighted by atomic mass is 10.1. The number of rotatable bonds is 0. The number of hydrogen-bond acceptors (Lipinski definition) is 1. The van der Waals surface area contributed by atoms with E-state index in [1.807, 2.05) is 0 Å². The highest BCUT2D eigenvalue weighted by Crippen LogP contribution is 2.27. The second-order valence-corrected chi connectivity index (χ2v) is 4.28. The van der Waals surface area contributed by atoms with Crippen LogP contribution in [0.15, 0.2) is 0 Å². The van der Waals surface area contributed by atoms with Gasteiger partial charge in [0.2, 0.25) is 5.91 Å². The Morgan fingerprint density at radius 2 is 2.33 bits per heavy atom. The van der Waals surface area contributed by atoms with Gasteiger partial charge in [0.15, 0.2) is 0 Å². The monoisotopic (exact) mass is 169 g/mol. The second kappa shape index (κ2) is 2.73. The first kappa shape index (κ1) is 8.05. The van der Waals surface area contributed by atoms with Crippen LogP contribution in [0.3, 0.4) is 0 Å². The summed E-state index contributed by atoms with van der Waals surface area (Å²) in [5, 5.41) is 2.94. The van der Waals surface area contributed by atoms with E-state index in [9.17, 15) is 4.79 Å². The van der Waals surface area contributed by atoms with Gasteiger partial charge in [-0.05, 0) is 0 Å². The van der Waals surface area contributed by atoms with Gasteiger partial charge in [0.25, 0.3) is 0 Å². The molecule has 2 fully saturated rings. The molecule has 12 heavy (non-hydrogen) atoms. The predicted molar refractivity (Wildman–Crippen MR) is 46.6 cm³/mol. The summed E-state index contributed by atoms with van der Waals surface area (Å²) in [6, 6.07) is 0.604. The van der Waals surface area contributed by atoms with Crippen LogP contribution >= 0.6 is 0 Å². The molecule has 0 aliphatic carbocycles. The molecule has 0 unspecified atom stereocenters. The molecule has 0 saturated carbocycles. The van der Waals surface area contributed by atoms with Crippen LogP contribution in [0.1, 0.15) is 19.3 Å². The molecule has 3 nitrogen and oxygen atoms in total. The van der Waals surface area contributed by atoms with E-state index < -0.39 is 0 Å². The molecule has 0 aromatic carbocycles. The fraction of sp³-hybridized carbons (Fsp3) is 0.889. The fourth-order valence-corrected chi connectivity index (χ4v) is 2.54. The van der Waals surface area contributed by atoms with Crippen molar-refractivity contribution < 1.29 is 9.28 Å². The number of amides is 1. The number of nitrogens with one attached hydrogen (secondary N) is 1. The van der Waals surface area contributed by atoms with Gasteiger partial charge in [0.1, 0.15) is 0 Å². The number of hydrogen-bond donors (Lipinski definition) is 1. The van der Waals surface area contributed by atoms with Crippen molar-refractivity contribution in [1.29, 1.82) is 0 Å². The smallest absolute Gasteiger partial charge is 0.226 e. The Hall–Kier alpha value is -0.570. The number of quaternary nitrogens is 1. The standard InChI is InChI=1S/C9H16N2O/c1-11-5-2-3-8(11)7-9(12)10-4-6-11/h8H,2-7H2,1H3/p+1/t8-,11+/m1/s1. The van der Waals surface area contributed by atoms with Crippen molar-refractivity contribution in [2.75, 3.05) is 26.7 Å². The first-order valence-electron chi connectivity index (χ1n) is 4.82. The van der Waals surface area contributed by atoms with Crippen molar-refractivity contribution in [2.24, 2.45) is 0 Å². The molecular weight excluding hydrogens is 152 g/mol. The molecule has 0 radical (unpaired) electrons. The lowest BCUT2D eigenvalue weighted by Gasteiger charge is -2.33. The summed E-state index contributed by atoms with van der Waals surface area (Å²) in [5.41, 5.74) is 0. The minimum absolute atomic E-state index is 0.253. The van der Waals surface area contributed by atoms with Crippen molar-refractivity contribution in [3.8, 4) is 0 Å². The van der Waals surface area contributed by atoms with Gasteiger partial charge in [-0.3, -0.25) is 4.79 Å². The third-order valence-electron chi connectivity index (χ3n) is 3.45. The zero-order valence-corrected chi connectivity index (χ0v) is 7.68. The molecule has 2 rings (SSSR count). The van der Waals surface area contributed by atoms with Gasteiger partial charge in [-0.25, -0.2) is 0 Å². The van der Waals surface area contributed by atoms with Crippen molar-refractivity contribution >= 4 is 5.91 Å². The maximum absolute atomic E-state index is 11.2. The molecule has 0 aromatic heterocycles. The molecule has 1 amide bonds. The summed E-state index contributed by atoms with van der Waals surface area (Å²) in [6.07, 6.45) is 3.29. The van der Waals surface area contributed by atoms with Crippen LogP contribution in [-0.4, -0.2) is 43.1 Å². The molecule has 68 valence electrons. The lowest BCUT2D eigenvalue weighted by Crippen LogP contribution is -2.48. The van der Waals surface area contributed by atoms with E-state index in [2.05, 4.69) is 12.4 Å². The fourth-order valence-electron chi connectivity index (χ4n) is 2.54. The van der Waals surface area contributed by atoms with E-state index in [1.165, 1.54) is 19.4 Å². The first-order valence-corrected chi connectivity index (χ1v) is 4.82. The molecule has 2 atom stereocenters. The summed E-state index contributed by atoms with van der Waals surface area (Å²) in [7, 11) is 2.29. The maximum Gasteiger partial charge on any atom is 0.226 e. The molecule has 1 N–H and O–H groups in total. The van der Waals surface area contributed by atoms with Crippen LogP contribution < -0.4 is 5.32 Å². The van der Waals surface area contributed by atoms with Gasteiger partial charge in [-0.2, -0.15) is 0 Å². The van der Waals surface area contributed by atoms with Crippen LogP contribution in [0.2, 0.25) is 0 Å². The van der Waals surface area contributed by atoms with Crippen LogP contribution in [-0.2, 0) is 4.79 Å². The summed E-state index contributed by atoms with van der Waals surface area (Å²) in [5.74, 6) is 0.253. The molecule has 3 heteroatoms. The van der Waals surface area contributed by atoms with Gasteiger partial charge in [-0.15, -0.1) is 0 Å². The number of nitrogens with zero attached hydrogens (tertiary/aromatic N) is 1. The van der Waals surface area contributed by atoms with Gasteiger partial charge < -0.3 is 9.80 Å². The van der Waals surface area contributed by atoms with E-state index in [4.69, 9.17) is 0 Å². The normalized spacial score (nSPS) is 41.8. The summed E-state index contributed by atoms with van der Waals surface area (Å²) in [6.45, 7) is 3.25. The Balaban J connectivity index is 2.15. The maximum atomic E-state index is 11.2. The van der Waals surface area contributed by atoms with Gasteiger partial charge in [0.05, 0.1) is 39.1 Å². The second-order valence-electron chi connectivity index (χ2n) is 4.28. The number of carbonyl (C=O) groups is 1. The van der Waals surface area contributed by atoms with Crippen LogP contribution in [0.25, 0.3) is 0 Å². The first-order chi connectivity index (χ1) is 5.71. The van der Waals surface area contributed by atoms with Crippen LogP contribution in [0.4, 0.5) is 0 Å². The highest BCUT2D eigenvalue weighted by molar-refractivity contribution is 5.76. The zero-order chi connectivity index (χ0) is 8.60. The highest BCUT2D eigenvalue weighted by Gasteiger charge is 2.40. The minimum atomic E-state index is 0.253. The van der Waals surface area contributed by atoms with Crippen molar-refractivity contribution in [2.45, 2.75) is 25.3 Å². The average Bonchev–Trinajstić information content (AvgIpc) is 2.27. The quantitative estimate of drug-likeness (QED) is 0.513. The van der Waals surface area contributed by atoms with Gasteiger partial charge in [-0.1, -0.05) is 0 Å². The lowest BCUT2D eigenvalue weighted by molar-refractivity contribution is -0.918. The van der Waals surface area contributed by atoms with Crippen LogP contribution in [0.5, 0.6) is 0 Å². The largest absolute Gasteiger partial charge is 0.350 e. The molecule has 2 aliphatic heterocycles. The van der Waals surface area contributed by atoms with E-state index >= 15 is 0 Å². The average molecular weight is 169 g/mol. The predicted octanol–water partition coefficient (Wildman–Crippen LogP) is 0.115. The number of likely N-dealkylation sites (N-methyl/N-ethyl adjacent to an activating group) is 1. The Kier molecular flexibility index (Phi) is 1.83. The van der Waals surface area contributed by atoms with Crippen LogP contribution in [0, 0.1) is 0 Å². The minimum Gasteiger partial charge on any atom is -0.350 e. The molecule has 0 spiro atoms. The Bertz CT molecular complexity index is 205. The Morgan fingerprint density at radius 3 is 3.17 bits per heavy atom. The van der Waals surface area contributed by atoms with Gasteiger partial charge in [0, 0.05) is 12.8 Å². The summed E-state index contributed by atoms with van der Waals surface area (Å²) < 4.78 is 1.12. The number of carbonyl (C=O) groups excluding carboxylic acids is 1. The summed E-state index contributed by atoms with van der Waals surface area (Å²) >= 11 is 0. The Labute approximate surface area is 73.3 Å². The third kappa shape index (κ3) is 1.22. The van der Waals surface area contributed by atoms with Gasteiger partial charge >= 0.3 is 0 Å². The highest BCUT2D eigenvalue weighted by atomic mass is 16.1. The van der Waals surface area contributed by atoms with Crippen molar-refractivity contribution in [3.63, 3.8) is 0 Å². The molecule has 2 aliphatic rings. The van der Waals surface area contributed by atoms with E-state index in [0.29, 0.717) is 6.04 Å². The molecule has 2 saturated heterocycles. The van der Waals surface area contributed by atoms with E-state index in [1.54, 1.807) is 0 Å². The van der Waals surface area contributed by atoms with E-state index in [-0.39, 0.29) is 5.91 Å². The molecular formula is C9H17N2O+. The van der Waals surface area contributed by atoms with Crippen molar-refractivity contribution in [3.05, 3.63) is 0 Å². The molecule has 0 aromatic rings. The molecule has 0 bridgehead atoms. The SMILES string of the molecule is C[N@@+]12CCC[C@@H]1CC(=O)NCC2. The topological polar surface area (TPSA) is 29.1 Å². The summed E-state index contributed by atoms with van der Waals surface area (Å²) in [4.78, 5) is 11.2. The number of fused-ring (bicyclic) bond motifs is 1. The Morgan fingerprint density at radius 1 is 1.50 bits per heavy atom. The zero-order valence-electron chi connectivity index (χ0n) is 7.68. The third-order valence-corrected chi connectivity index (χ3v) is 3.45.